The minimum atomic E-state index is 0.0730. The topological polar surface area (TPSA) is 29.5 Å². The summed E-state index contributed by atoms with van der Waals surface area (Å²) >= 11 is 0. The number of carbonyl (C=O) groups excluding carboxylic acids is 1. The molecule has 2 aromatic rings. The molecule has 19 heavy (non-hydrogen) atoms. The van der Waals surface area contributed by atoms with Crippen LogP contribution in [0.5, 0.6) is 5.75 Å². The van der Waals surface area contributed by atoms with Gasteiger partial charge in [0, 0.05) is 24.0 Å². The van der Waals surface area contributed by atoms with Crippen LogP contribution >= 0.6 is 0 Å². The Bertz CT molecular complexity index is 588. The highest BCUT2D eigenvalue weighted by Crippen LogP contribution is 2.28. The lowest BCUT2D eigenvalue weighted by molar-refractivity contribution is 0.0775. The van der Waals surface area contributed by atoms with Crippen LogP contribution in [-0.2, 0) is 0 Å². The van der Waals surface area contributed by atoms with Gasteiger partial charge in [-0.3, -0.25) is 4.79 Å². The molecular weight excluding hydrogens is 238 g/mol. The van der Waals surface area contributed by atoms with Crippen molar-refractivity contribution in [2.45, 2.75) is 13.8 Å². The summed E-state index contributed by atoms with van der Waals surface area (Å²) in [6, 6.07) is 11.6. The Kier molecular flexibility index (Phi) is 4.05. The molecule has 0 bridgehead atoms. The highest BCUT2D eigenvalue weighted by molar-refractivity contribution is 6.08. The molecule has 0 heterocycles. The smallest absolute Gasteiger partial charge is 0.254 e. The van der Waals surface area contributed by atoms with Gasteiger partial charge in [-0.15, -0.1) is 0 Å². The van der Waals surface area contributed by atoms with E-state index in [1.807, 2.05) is 55.1 Å². The number of fused-ring (bicyclic) bond motifs is 1. The maximum atomic E-state index is 12.5. The molecule has 0 aromatic heterocycles. The van der Waals surface area contributed by atoms with Crippen molar-refractivity contribution in [2.24, 2.45) is 0 Å². The molecule has 3 nitrogen and oxygen atoms in total. The van der Waals surface area contributed by atoms with E-state index in [2.05, 4.69) is 0 Å². The molecule has 0 radical (unpaired) electrons. The molecule has 0 saturated carbocycles. The number of benzene rings is 2. The van der Waals surface area contributed by atoms with Gasteiger partial charge in [-0.1, -0.05) is 24.3 Å². The molecule has 1 amide bonds. The number of hydrogen-bond donors (Lipinski definition) is 0. The highest BCUT2D eigenvalue weighted by atomic mass is 16.5. The zero-order valence-electron chi connectivity index (χ0n) is 11.6. The summed E-state index contributed by atoms with van der Waals surface area (Å²) in [4.78, 5) is 14.3. The Hall–Kier alpha value is -2.03. The van der Waals surface area contributed by atoms with Gasteiger partial charge in [0.1, 0.15) is 5.75 Å². The number of amides is 1. The second-order valence-electron chi connectivity index (χ2n) is 4.34. The predicted octanol–water partition coefficient (Wildman–Crippen LogP) is 3.33. The molecule has 2 rings (SSSR count). The highest BCUT2D eigenvalue weighted by Gasteiger charge is 2.16. The fourth-order valence-electron chi connectivity index (χ4n) is 2.33. The maximum absolute atomic E-state index is 12.5. The molecule has 0 aliphatic heterocycles. The Morgan fingerprint density at radius 2 is 1.68 bits per heavy atom. The summed E-state index contributed by atoms with van der Waals surface area (Å²) in [5.41, 5.74) is 0.736. The van der Waals surface area contributed by atoms with Gasteiger partial charge in [-0.2, -0.15) is 0 Å². The molecule has 2 aromatic carbocycles. The molecule has 0 N–H and O–H groups in total. The lowest BCUT2D eigenvalue weighted by Gasteiger charge is -2.19. The molecular formula is C16H19NO2. The Balaban J connectivity index is 2.58. The number of methoxy groups -OCH3 is 1. The summed E-state index contributed by atoms with van der Waals surface area (Å²) in [6.07, 6.45) is 0. The first-order valence-electron chi connectivity index (χ1n) is 6.57. The normalized spacial score (nSPS) is 10.5. The van der Waals surface area contributed by atoms with Crippen molar-refractivity contribution in [1.82, 2.24) is 4.90 Å². The van der Waals surface area contributed by atoms with Crippen molar-refractivity contribution in [3.63, 3.8) is 0 Å². The van der Waals surface area contributed by atoms with Crippen LogP contribution in [0.15, 0.2) is 36.4 Å². The first-order chi connectivity index (χ1) is 9.22. The van der Waals surface area contributed by atoms with Crippen molar-refractivity contribution in [1.29, 1.82) is 0 Å². The number of hydrogen-bond acceptors (Lipinski definition) is 2. The lowest BCUT2D eigenvalue weighted by Crippen LogP contribution is -2.30. The third-order valence-corrected chi connectivity index (χ3v) is 3.38. The van der Waals surface area contributed by atoms with Gasteiger partial charge in [0.2, 0.25) is 0 Å². The average Bonchev–Trinajstić information content (AvgIpc) is 2.47. The lowest BCUT2D eigenvalue weighted by atomic mass is 10.0. The second-order valence-corrected chi connectivity index (χ2v) is 4.34. The van der Waals surface area contributed by atoms with Crippen LogP contribution in [0.1, 0.15) is 24.2 Å². The SMILES string of the molecule is CCN(CC)C(=O)c1cccc2c(OC)cccc12. The number of nitrogens with zero attached hydrogens (tertiary/aromatic N) is 1. The summed E-state index contributed by atoms with van der Waals surface area (Å²) in [7, 11) is 1.65. The summed E-state index contributed by atoms with van der Waals surface area (Å²) in [5, 5.41) is 1.92. The third kappa shape index (κ3) is 2.41. The number of ether oxygens (including phenoxy) is 1. The quantitative estimate of drug-likeness (QED) is 0.840. The van der Waals surface area contributed by atoms with Gasteiger partial charge in [-0.05, 0) is 31.4 Å². The van der Waals surface area contributed by atoms with Gasteiger partial charge in [0.15, 0.2) is 0 Å². The zero-order valence-corrected chi connectivity index (χ0v) is 11.6. The van der Waals surface area contributed by atoms with Crippen molar-refractivity contribution in [3.8, 4) is 5.75 Å². The van der Waals surface area contributed by atoms with E-state index in [-0.39, 0.29) is 5.91 Å². The van der Waals surface area contributed by atoms with E-state index in [1.165, 1.54) is 0 Å². The van der Waals surface area contributed by atoms with Crippen LogP contribution in [0.25, 0.3) is 10.8 Å². The zero-order chi connectivity index (χ0) is 13.8. The second kappa shape index (κ2) is 5.74. The van der Waals surface area contributed by atoms with Gasteiger partial charge in [-0.25, -0.2) is 0 Å². The summed E-state index contributed by atoms with van der Waals surface area (Å²) < 4.78 is 5.35. The van der Waals surface area contributed by atoms with Gasteiger partial charge >= 0.3 is 0 Å². The fraction of sp³-hybridized carbons (Fsp3) is 0.312. The van der Waals surface area contributed by atoms with Crippen LogP contribution in [0.4, 0.5) is 0 Å². The van der Waals surface area contributed by atoms with E-state index in [0.717, 1.165) is 35.2 Å². The standard InChI is InChI=1S/C16H19NO2/c1-4-17(5-2)16(18)14-10-6-9-13-12(14)8-7-11-15(13)19-3/h6-11H,4-5H2,1-3H3. The van der Waals surface area contributed by atoms with Crippen molar-refractivity contribution < 1.29 is 9.53 Å². The average molecular weight is 257 g/mol. The first-order valence-corrected chi connectivity index (χ1v) is 6.57. The van der Waals surface area contributed by atoms with E-state index in [4.69, 9.17) is 4.74 Å². The maximum Gasteiger partial charge on any atom is 0.254 e. The van der Waals surface area contributed by atoms with Crippen molar-refractivity contribution in [2.75, 3.05) is 20.2 Å². The van der Waals surface area contributed by atoms with Gasteiger partial charge in [0.25, 0.3) is 5.91 Å². The third-order valence-electron chi connectivity index (χ3n) is 3.38. The molecule has 0 unspecified atom stereocenters. The molecule has 0 aliphatic carbocycles. The van der Waals surface area contributed by atoms with E-state index in [9.17, 15) is 4.79 Å². The molecule has 3 heteroatoms. The molecule has 0 atom stereocenters. The van der Waals surface area contributed by atoms with Crippen molar-refractivity contribution in [3.05, 3.63) is 42.0 Å². The summed E-state index contributed by atoms with van der Waals surface area (Å²) in [5.74, 6) is 0.871. The van der Waals surface area contributed by atoms with Crippen LogP contribution in [0.2, 0.25) is 0 Å². The largest absolute Gasteiger partial charge is 0.496 e. The Morgan fingerprint density at radius 3 is 2.32 bits per heavy atom. The van der Waals surface area contributed by atoms with Crippen LogP contribution < -0.4 is 4.74 Å². The molecule has 100 valence electrons. The molecule has 0 spiro atoms. The van der Waals surface area contributed by atoms with Crippen molar-refractivity contribution >= 4 is 16.7 Å². The van der Waals surface area contributed by atoms with Gasteiger partial charge in [0.05, 0.1) is 7.11 Å². The van der Waals surface area contributed by atoms with Gasteiger partial charge < -0.3 is 9.64 Å². The number of carbonyl (C=O) groups is 1. The van der Waals surface area contributed by atoms with Crippen LogP contribution in [-0.4, -0.2) is 31.0 Å². The van der Waals surface area contributed by atoms with Crippen LogP contribution in [0, 0.1) is 0 Å². The molecule has 0 saturated heterocycles. The predicted molar refractivity (Wildman–Crippen MR) is 77.8 cm³/mol. The van der Waals surface area contributed by atoms with E-state index in [0.29, 0.717) is 0 Å². The minimum absolute atomic E-state index is 0.0730. The first kappa shape index (κ1) is 13.4. The van der Waals surface area contributed by atoms with Crippen LogP contribution in [0.3, 0.4) is 0 Å². The molecule has 0 aliphatic rings. The Morgan fingerprint density at radius 1 is 1.05 bits per heavy atom. The fourth-order valence-corrected chi connectivity index (χ4v) is 2.33. The minimum Gasteiger partial charge on any atom is -0.496 e. The van der Waals surface area contributed by atoms with E-state index < -0.39 is 0 Å². The molecule has 0 fully saturated rings. The summed E-state index contributed by atoms with van der Waals surface area (Å²) in [6.45, 7) is 5.42. The Labute approximate surface area is 113 Å². The number of rotatable bonds is 4. The van der Waals surface area contributed by atoms with E-state index >= 15 is 0 Å². The van der Waals surface area contributed by atoms with E-state index in [1.54, 1.807) is 7.11 Å². The monoisotopic (exact) mass is 257 g/mol.